The molecule has 1 saturated heterocycles. The molecule has 2 aromatic heterocycles. The molecule has 0 aliphatic carbocycles. The number of hydrogen-bond donors (Lipinski definition) is 1. The summed E-state index contributed by atoms with van der Waals surface area (Å²) in [7, 11) is 2.16. The van der Waals surface area contributed by atoms with Gasteiger partial charge in [0.05, 0.1) is 17.6 Å². The molecule has 1 aromatic carbocycles. The topological polar surface area (TPSA) is 44.8 Å². The van der Waals surface area contributed by atoms with Crippen molar-refractivity contribution in [2.75, 3.05) is 20.1 Å². The summed E-state index contributed by atoms with van der Waals surface area (Å²) in [6.45, 7) is 2.23. The Hall–Kier alpha value is -2.53. The number of aromatic nitrogens is 3. The van der Waals surface area contributed by atoms with Gasteiger partial charge in [-0.05, 0) is 69.4 Å². The third-order valence-electron chi connectivity index (χ3n) is 4.91. The second kappa shape index (κ2) is 6.76. The molecule has 4 nitrogen and oxygen atoms in total. The Morgan fingerprint density at radius 2 is 1.80 bits per heavy atom. The number of pyridine rings is 1. The largest absolute Gasteiger partial charge is 0.342 e. The highest BCUT2D eigenvalue weighted by molar-refractivity contribution is 5.68. The van der Waals surface area contributed by atoms with Gasteiger partial charge in [-0.15, -0.1) is 0 Å². The molecule has 128 valence electrons. The lowest BCUT2D eigenvalue weighted by atomic mass is 9.96. The van der Waals surface area contributed by atoms with Crippen molar-refractivity contribution in [1.82, 2.24) is 19.9 Å². The molecule has 0 radical (unpaired) electrons. The van der Waals surface area contributed by atoms with Crippen molar-refractivity contribution in [2.45, 2.75) is 18.8 Å². The average Bonchev–Trinajstić information content (AvgIpc) is 3.13. The van der Waals surface area contributed by atoms with E-state index in [1.54, 1.807) is 18.3 Å². The first-order valence-electron chi connectivity index (χ1n) is 8.65. The molecule has 4 rings (SSSR count). The summed E-state index contributed by atoms with van der Waals surface area (Å²) in [4.78, 5) is 14.9. The molecule has 1 fully saturated rings. The zero-order valence-corrected chi connectivity index (χ0v) is 14.2. The monoisotopic (exact) mass is 336 g/mol. The van der Waals surface area contributed by atoms with Gasteiger partial charge >= 0.3 is 0 Å². The SMILES string of the molecule is CN1CCC(c2ncc(-c3ccnc(-c4ccc(F)cc4)c3)[nH]2)CC1. The van der Waals surface area contributed by atoms with Crippen LogP contribution in [0.3, 0.4) is 0 Å². The quantitative estimate of drug-likeness (QED) is 0.783. The van der Waals surface area contributed by atoms with E-state index in [2.05, 4.69) is 26.9 Å². The molecule has 0 unspecified atom stereocenters. The van der Waals surface area contributed by atoms with Crippen LogP contribution in [0.1, 0.15) is 24.6 Å². The zero-order chi connectivity index (χ0) is 17.2. The van der Waals surface area contributed by atoms with Gasteiger partial charge < -0.3 is 9.88 Å². The highest BCUT2D eigenvalue weighted by Crippen LogP contribution is 2.28. The van der Waals surface area contributed by atoms with E-state index in [9.17, 15) is 4.39 Å². The third kappa shape index (κ3) is 3.46. The van der Waals surface area contributed by atoms with Crippen LogP contribution in [0, 0.1) is 5.82 Å². The third-order valence-corrected chi connectivity index (χ3v) is 4.91. The Labute approximate surface area is 146 Å². The fraction of sp³-hybridized carbons (Fsp3) is 0.300. The molecule has 0 atom stereocenters. The van der Waals surface area contributed by atoms with Gasteiger partial charge in [-0.2, -0.15) is 0 Å². The summed E-state index contributed by atoms with van der Waals surface area (Å²) in [5.41, 5.74) is 3.77. The number of nitrogens with one attached hydrogen (secondary N) is 1. The van der Waals surface area contributed by atoms with Crippen LogP contribution in [0.25, 0.3) is 22.5 Å². The van der Waals surface area contributed by atoms with E-state index < -0.39 is 0 Å². The van der Waals surface area contributed by atoms with E-state index in [0.29, 0.717) is 5.92 Å². The predicted molar refractivity (Wildman–Crippen MR) is 96.7 cm³/mol. The van der Waals surface area contributed by atoms with Crippen molar-refractivity contribution in [3.8, 4) is 22.5 Å². The lowest BCUT2D eigenvalue weighted by molar-refractivity contribution is 0.251. The first-order chi connectivity index (χ1) is 12.2. The maximum Gasteiger partial charge on any atom is 0.123 e. The smallest absolute Gasteiger partial charge is 0.123 e. The molecule has 0 spiro atoms. The van der Waals surface area contributed by atoms with Crippen molar-refractivity contribution < 1.29 is 4.39 Å². The standard InChI is InChI=1S/C20H21FN4/c1-25-10-7-15(8-11-25)20-23-13-19(24-20)16-6-9-22-18(12-16)14-2-4-17(21)5-3-14/h2-6,9,12-13,15H,7-8,10-11H2,1H3,(H,23,24). The molecule has 3 aromatic rings. The van der Waals surface area contributed by atoms with E-state index in [-0.39, 0.29) is 5.82 Å². The fourth-order valence-corrected chi connectivity index (χ4v) is 3.35. The van der Waals surface area contributed by atoms with Crippen LogP contribution < -0.4 is 0 Å². The maximum atomic E-state index is 13.1. The fourth-order valence-electron chi connectivity index (χ4n) is 3.35. The first-order valence-corrected chi connectivity index (χ1v) is 8.65. The van der Waals surface area contributed by atoms with Crippen LogP contribution >= 0.6 is 0 Å². The minimum atomic E-state index is -0.240. The van der Waals surface area contributed by atoms with Crippen LogP contribution in [0.5, 0.6) is 0 Å². The second-order valence-corrected chi connectivity index (χ2v) is 6.70. The molecule has 25 heavy (non-hydrogen) atoms. The van der Waals surface area contributed by atoms with Gasteiger partial charge in [-0.25, -0.2) is 9.37 Å². The lowest BCUT2D eigenvalue weighted by Crippen LogP contribution is -2.29. The van der Waals surface area contributed by atoms with Gasteiger partial charge in [0.15, 0.2) is 0 Å². The summed E-state index contributed by atoms with van der Waals surface area (Å²) in [6.07, 6.45) is 5.96. The first kappa shape index (κ1) is 16.0. The molecule has 1 aliphatic rings. The summed E-state index contributed by atoms with van der Waals surface area (Å²) >= 11 is 0. The van der Waals surface area contributed by atoms with Crippen LogP contribution in [-0.2, 0) is 0 Å². The average molecular weight is 336 g/mol. The number of H-pyrrole nitrogens is 1. The summed E-state index contributed by atoms with van der Waals surface area (Å²) in [5, 5.41) is 0. The van der Waals surface area contributed by atoms with Crippen molar-refractivity contribution >= 4 is 0 Å². The summed E-state index contributed by atoms with van der Waals surface area (Å²) in [6, 6.07) is 10.4. The second-order valence-electron chi connectivity index (χ2n) is 6.70. The molecule has 0 bridgehead atoms. The molecule has 0 saturated carbocycles. The Morgan fingerprint density at radius 1 is 1.04 bits per heavy atom. The summed E-state index contributed by atoms with van der Waals surface area (Å²) in [5.74, 6) is 1.34. The van der Waals surface area contributed by atoms with Gasteiger partial charge in [0.1, 0.15) is 11.6 Å². The number of hydrogen-bond acceptors (Lipinski definition) is 3. The number of halogens is 1. The Kier molecular flexibility index (Phi) is 4.32. The number of nitrogens with zero attached hydrogens (tertiary/aromatic N) is 3. The lowest BCUT2D eigenvalue weighted by Gasteiger charge is -2.27. The van der Waals surface area contributed by atoms with Gasteiger partial charge in [0, 0.05) is 23.2 Å². The molecular weight excluding hydrogens is 315 g/mol. The number of rotatable bonds is 3. The summed E-state index contributed by atoms with van der Waals surface area (Å²) < 4.78 is 13.1. The van der Waals surface area contributed by atoms with E-state index >= 15 is 0 Å². The van der Waals surface area contributed by atoms with Crippen molar-refractivity contribution in [3.05, 3.63) is 60.4 Å². The normalized spacial score (nSPS) is 16.2. The molecule has 1 N–H and O–H groups in total. The Bertz CT molecular complexity index is 848. The van der Waals surface area contributed by atoms with Crippen molar-refractivity contribution in [3.63, 3.8) is 0 Å². The number of aromatic amines is 1. The Balaban J connectivity index is 1.58. The minimum absolute atomic E-state index is 0.240. The van der Waals surface area contributed by atoms with E-state index in [1.165, 1.54) is 12.1 Å². The Morgan fingerprint density at radius 3 is 2.56 bits per heavy atom. The molecule has 5 heteroatoms. The molecular formula is C20H21FN4. The van der Waals surface area contributed by atoms with Gasteiger partial charge in [-0.1, -0.05) is 0 Å². The van der Waals surface area contributed by atoms with E-state index in [1.807, 2.05) is 18.3 Å². The van der Waals surface area contributed by atoms with Crippen LogP contribution in [0.15, 0.2) is 48.8 Å². The zero-order valence-electron chi connectivity index (χ0n) is 14.2. The molecule has 3 heterocycles. The van der Waals surface area contributed by atoms with Gasteiger partial charge in [0.25, 0.3) is 0 Å². The minimum Gasteiger partial charge on any atom is -0.342 e. The van der Waals surface area contributed by atoms with Crippen LogP contribution in [-0.4, -0.2) is 40.0 Å². The predicted octanol–water partition coefficient (Wildman–Crippen LogP) is 4.09. The maximum absolute atomic E-state index is 13.1. The highest BCUT2D eigenvalue weighted by Gasteiger charge is 2.21. The number of benzene rings is 1. The van der Waals surface area contributed by atoms with Crippen molar-refractivity contribution in [2.24, 2.45) is 0 Å². The molecule has 1 aliphatic heterocycles. The number of imidazole rings is 1. The van der Waals surface area contributed by atoms with Gasteiger partial charge in [-0.3, -0.25) is 4.98 Å². The highest BCUT2D eigenvalue weighted by atomic mass is 19.1. The molecule has 0 amide bonds. The number of piperidine rings is 1. The van der Waals surface area contributed by atoms with Crippen molar-refractivity contribution in [1.29, 1.82) is 0 Å². The van der Waals surface area contributed by atoms with E-state index in [0.717, 1.165) is 54.3 Å². The van der Waals surface area contributed by atoms with Gasteiger partial charge in [0.2, 0.25) is 0 Å². The van der Waals surface area contributed by atoms with Crippen LogP contribution in [0.4, 0.5) is 4.39 Å². The van der Waals surface area contributed by atoms with E-state index in [4.69, 9.17) is 0 Å². The number of likely N-dealkylation sites (tertiary alicyclic amines) is 1. The van der Waals surface area contributed by atoms with Crippen LogP contribution in [0.2, 0.25) is 0 Å².